The number of carbonyl (C=O) groups is 1. The van der Waals surface area contributed by atoms with Gasteiger partial charge in [-0.2, -0.15) is 0 Å². The second-order valence-corrected chi connectivity index (χ2v) is 5.19. The van der Waals surface area contributed by atoms with E-state index in [0.29, 0.717) is 12.2 Å². The SMILES string of the molecule is C=C(CC(C)c1ccccc1-c1ccccc1)OC(C)=O. The van der Waals surface area contributed by atoms with Crippen molar-refractivity contribution in [2.75, 3.05) is 0 Å². The van der Waals surface area contributed by atoms with Gasteiger partial charge in [0.25, 0.3) is 0 Å². The zero-order chi connectivity index (χ0) is 15.2. The summed E-state index contributed by atoms with van der Waals surface area (Å²) in [4.78, 5) is 11.0. The zero-order valence-electron chi connectivity index (χ0n) is 12.5. The van der Waals surface area contributed by atoms with E-state index >= 15 is 0 Å². The Balaban J connectivity index is 2.24. The molecule has 1 atom stereocenters. The molecule has 2 aromatic carbocycles. The highest BCUT2D eigenvalue weighted by molar-refractivity contribution is 5.68. The van der Waals surface area contributed by atoms with Crippen LogP contribution in [0.2, 0.25) is 0 Å². The molecule has 2 heteroatoms. The quantitative estimate of drug-likeness (QED) is 0.573. The van der Waals surface area contributed by atoms with E-state index in [1.165, 1.54) is 23.6 Å². The first-order valence-corrected chi connectivity index (χ1v) is 7.08. The Labute approximate surface area is 126 Å². The average molecular weight is 280 g/mol. The second kappa shape index (κ2) is 6.89. The van der Waals surface area contributed by atoms with Crippen LogP contribution in [-0.4, -0.2) is 5.97 Å². The Hall–Kier alpha value is -2.35. The third kappa shape index (κ3) is 4.06. The highest BCUT2D eigenvalue weighted by atomic mass is 16.5. The largest absolute Gasteiger partial charge is 0.432 e. The van der Waals surface area contributed by atoms with Crippen LogP contribution in [0.4, 0.5) is 0 Å². The minimum absolute atomic E-state index is 0.230. The molecule has 0 aliphatic heterocycles. The minimum Gasteiger partial charge on any atom is -0.432 e. The highest BCUT2D eigenvalue weighted by Crippen LogP contribution is 2.32. The summed E-state index contributed by atoms with van der Waals surface area (Å²) in [5.74, 6) is 0.426. The predicted octanol–water partition coefficient (Wildman–Crippen LogP) is 4.92. The van der Waals surface area contributed by atoms with E-state index in [1.54, 1.807) is 0 Å². The number of allylic oxidation sites excluding steroid dienone is 1. The second-order valence-electron chi connectivity index (χ2n) is 5.19. The molecule has 1 unspecified atom stereocenters. The fourth-order valence-electron chi connectivity index (χ4n) is 2.50. The molecule has 0 bridgehead atoms. The number of esters is 1. The fourth-order valence-corrected chi connectivity index (χ4v) is 2.50. The van der Waals surface area contributed by atoms with Gasteiger partial charge in [0.15, 0.2) is 0 Å². The summed E-state index contributed by atoms with van der Waals surface area (Å²) in [6, 6.07) is 18.6. The monoisotopic (exact) mass is 280 g/mol. The maximum Gasteiger partial charge on any atom is 0.307 e. The number of ether oxygens (including phenoxy) is 1. The van der Waals surface area contributed by atoms with Gasteiger partial charge in [-0.15, -0.1) is 0 Å². The number of rotatable bonds is 5. The lowest BCUT2D eigenvalue weighted by molar-refractivity contribution is -0.137. The molecule has 0 saturated carbocycles. The smallest absolute Gasteiger partial charge is 0.307 e. The Morgan fingerprint density at radius 2 is 1.71 bits per heavy atom. The number of benzene rings is 2. The zero-order valence-corrected chi connectivity index (χ0v) is 12.5. The molecule has 0 heterocycles. The summed E-state index contributed by atoms with van der Waals surface area (Å²) in [6.07, 6.45) is 0.628. The van der Waals surface area contributed by atoms with Crippen molar-refractivity contribution in [2.45, 2.75) is 26.2 Å². The van der Waals surface area contributed by atoms with Crippen molar-refractivity contribution in [1.82, 2.24) is 0 Å². The molecular formula is C19H20O2. The molecule has 0 spiro atoms. The lowest BCUT2D eigenvalue weighted by Gasteiger charge is -2.17. The van der Waals surface area contributed by atoms with Crippen molar-refractivity contribution >= 4 is 5.97 Å². The molecule has 0 fully saturated rings. The van der Waals surface area contributed by atoms with Gasteiger partial charge < -0.3 is 4.74 Å². The van der Waals surface area contributed by atoms with Crippen LogP contribution in [0.5, 0.6) is 0 Å². The molecule has 0 aromatic heterocycles. The predicted molar refractivity (Wildman–Crippen MR) is 85.8 cm³/mol. The molecule has 0 amide bonds. The van der Waals surface area contributed by atoms with Crippen molar-refractivity contribution in [3.63, 3.8) is 0 Å². The fraction of sp³-hybridized carbons (Fsp3) is 0.211. The number of carbonyl (C=O) groups excluding carboxylic acids is 1. The Morgan fingerprint density at radius 3 is 2.38 bits per heavy atom. The Kier molecular flexibility index (Phi) is 4.94. The molecule has 0 saturated heterocycles. The van der Waals surface area contributed by atoms with Crippen molar-refractivity contribution in [3.05, 3.63) is 72.5 Å². The van der Waals surface area contributed by atoms with E-state index in [0.717, 1.165) is 0 Å². The molecular weight excluding hydrogens is 260 g/mol. The van der Waals surface area contributed by atoms with Crippen LogP contribution >= 0.6 is 0 Å². The number of hydrogen-bond acceptors (Lipinski definition) is 2. The highest BCUT2D eigenvalue weighted by Gasteiger charge is 2.14. The summed E-state index contributed by atoms with van der Waals surface area (Å²) in [6.45, 7) is 7.34. The summed E-state index contributed by atoms with van der Waals surface area (Å²) >= 11 is 0. The summed E-state index contributed by atoms with van der Waals surface area (Å²) in [7, 11) is 0. The van der Waals surface area contributed by atoms with Crippen LogP contribution < -0.4 is 0 Å². The maximum atomic E-state index is 11.0. The molecule has 0 N–H and O–H groups in total. The number of hydrogen-bond donors (Lipinski definition) is 0. The molecule has 108 valence electrons. The van der Waals surface area contributed by atoms with Gasteiger partial charge in [0.1, 0.15) is 5.76 Å². The van der Waals surface area contributed by atoms with Crippen LogP contribution in [0.25, 0.3) is 11.1 Å². The van der Waals surface area contributed by atoms with E-state index in [1.807, 2.05) is 30.3 Å². The van der Waals surface area contributed by atoms with Crippen LogP contribution in [0.3, 0.4) is 0 Å². The van der Waals surface area contributed by atoms with E-state index in [-0.39, 0.29) is 11.9 Å². The molecule has 0 aliphatic rings. The molecule has 0 radical (unpaired) electrons. The van der Waals surface area contributed by atoms with Gasteiger partial charge in [-0.1, -0.05) is 68.1 Å². The first kappa shape index (κ1) is 15.0. The van der Waals surface area contributed by atoms with Crippen molar-refractivity contribution < 1.29 is 9.53 Å². The topological polar surface area (TPSA) is 26.3 Å². The third-order valence-corrected chi connectivity index (χ3v) is 3.40. The van der Waals surface area contributed by atoms with E-state index in [9.17, 15) is 4.79 Å². The summed E-state index contributed by atoms with van der Waals surface area (Å²) < 4.78 is 5.05. The molecule has 2 nitrogen and oxygen atoms in total. The van der Waals surface area contributed by atoms with Crippen LogP contribution in [0, 0.1) is 0 Å². The van der Waals surface area contributed by atoms with Gasteiger partial charge >= 0.3 is 5.97 Å². The first-order valence-electron chi connectivity index (χ1n) is 7.08. The maximum absolute atomic E-state index is 11.0. The van der Waals surface area contributed by atoms with E-state index in [4.69, 9.17) is 4.74 Å². The van der Waals surface area contributed by atoms with Crippen LogP contribution in [0.1, 0.15) is 31.7 Å². The lowest BCUT2D eigenvalue weighted by Crippen LogP contribution is -2.03. The van der Waals surface area contributed by atoms with Crippen molar-refractivity contribution in [2.24, 2.45) is 0 Å². The van der Waals surface area contributed by atoms with Gasteiger partial charge in [0, 0.05) is 13.3 Å². The van der Waals surface area contributed by atoms with E-state index in [2.05, 4.69) is 37.8 Å². The third-order valence-electron chi connectivity index (χ3n) is 3.40. The standard InChI is InChI=1S/C19H20O2/c1-14(13-15(2)21-16(3)20)18-11-7-8-12-19(18)17-9-5-4-6-10-17/h4-12,14H,2,13H2,1,3H3. The normalized spacial score (nSPS) is 11.7. The van der Waals surface area contributed by atoms with Gasteiger partial charge in [-0.3, -0.25) is 4.79 Å². The minimum atomic E-state index is -0.316. The Bertz CT molecular complexity index is 629. The Morgan fingerprint density at radius 1 is 1.10 bits per heavy atom. The van der Waals surface area contributed by atoms with Crippen LogP contribution in [0.15, 0.2) is 66.9 Å². The van der Waals surface area contributed by atoms with Gasteiger partial charge in [0.2, 0.25) is 0 Å². The molecule has 0 aliphatic carbocycles. The van der Waals surface area contributed by atoms with Crippen LogP contribution in [-0.2, 0) is 9.53 Å². The van der Waals surface area contributed by atoms with Gasteiger partial charge in [-0.05, 0) is 22.6 Å². The van der Waals surface area contributed by atoms with Crippen molar-refractivity contribution in [3.8, 4) is 11.1 Å². The summed E-state index contributed by atoms with van der Waals surface area (Å²) in [5, 5.41) is 0. The first-order chi connectivity index (χ1) is 10.1. The van der Waals surface area contributed by atoms with E-state index < -0.39 is 0 Å². The molecule has 2 aromatic rings. The lowest BCUT2D eigenvalue weighted by atomic mass is 9.89. The molecule has 2 rings (SSSR count). The average Bonchev–Trinajstić information content (AvgIpc) is 2.47. The summed E-state index contributed by atoms with van der Waals surface area (Å²) in [5.41, 5.74) is 3.64. The van der Waals surface area contributed by atoms with Gasteiger partial charge in [-0.25, -0.2) is 0 Å². The molecule has 21 heavy (non-hydrogen) atoms. The van der Waals surface area contributed by atoms with Gasteiger partial charge in [0.05, 0.1) is 0 Å². The van der Waals surface area contributed by atoms with Crippen molar-refractivity contribution in [1.29, 1.82) is 0 Å².